The Bertz CT molecular complexity index is 262. The Morgan fingerprint density at radius 3 is 2.90 bits per heavy atom. The number of halogens is 1. The van der Waals surface area contributed by atoms with E-state index < -0.39 is 11.7 Å². The Hall–Kier alpha value is -1.45. The van der Waals surface area contributed by atoms with Crippen LogP contribution < -0.4 is 5.73 Å². The van der Waals surface area contributed by atoms with Gasteiger partial charge in [0, 0.05) is 18.3 Å². The van der Waals surface area contributed by atoms with Crippen molar-refractivity contribution in [3.63, 3.8) is 0 Å². The minimum atomic E-state index is -0.743. The van der Waals surface area contributed by atoms with E-state index in [4.69, 9.17) is 5.73 Å². The Labute approximate surface area is 56.7 Å². The number of rotatable bonds is 1. The van der Waals surface area contributed by atoms with Crippen LogP contribution in [0.25, 0.3) is 0 Å². The Kier molecular flexibility index (Phi) is 1.62. The second kappa shape index (κ2) is 2.43. The first-order valence-corrected chi connectivity index (χ1v) is 2.53. The maximum absolute atomic E-state index is 12.2. The molecule has 2 N–H and O–H groups in total. The van der Waals surface area contributed by atoms with Crippen molar-refractivity contribution in [1.29, 1.82) is 0 Å². The Balaban J connectivity index is 3.07. The van der Waals surface area contributed by atoms with Gasteiger partial charge in [-0.3, -0.25) is 9.78 Å². The van der Waals surface area contributed by atoms with Crippen molar-refractivity contribution in [2.45, 2.75) is 0 Å². The fourth-order valence-corrected chi connectivity index (χ4v) is 0.497. The highest BCUT2D eigenvalue weighted by Gasteiger charge is 2.01. The maximum atomic E-state index is 12.2. The van der Waals surface area contributed by atoms with Crippen LogP contribution in [0.1, 0.15) is 10.5 Å². The molecule has 51 valence electrons. The highest BCUT2D eigenvalue weighted by Crippen LogP contribution is 1.96. The molecule has 1 radical (unpaired) electrons. The van der Waals surface area contributed by atoms with E-state index in [-0.39, 0.29) is 5.69 Å². The van der Waals surface area contributed by atoms with E-state index in [2.05, 4.69) is 11.1 Å². The van der Waals surface area contributed by atoms with Crippen LogP contribution in [0.15, 0.2) is 12.3 Å². The van der Waals surface area contributed by atoms with E-state index in [0.29, 0.717) is 0 Å². The molecule has 1 rings (SSSR count). The molecule has 1 heterocycles. The minimum Gasteiger partial charge on any atom is -0.364 e. The molecule has 3 nitrogen and oxygen atoms in total. The summed E-state index contributed by atoms with van der Waals surface area (Å²) in [5.41, 5.74) is 4.71. The summed E-state index contributed by atoms with van der Waals surface area (Å²) in [6.07, 6.45) is 1.06. The third kappa shape index (κ3) is 1.28. The maximum Gasteiger partial charge on any atom is 0.267 e. The van der Waals surface area contributed by atoms with E-state index in [1.807, 2.05) is 0 Å². The van der Waals surface area contributed by atoms with E-state index >= 15 is 0 Å². The van der Waals surface area contributed by atoms with Crippen LogP contribution in [0.5, 0.6) is 0 Å². The van der Waals surface area contributed by atoms with Gasteiger partial charge in [0.1, 0.15) is 11.5 Å². The lowest BCUT2D eigenvalue weighted by Gasteiger charge is -1.90. The fraction of sp³-hybridized carbons (Fsp3) is 0. The van der Waals surface area contributed by atoms with Gasteiger partial charge >= 0.3 is 0 Å². The van der Waals surface area contributed by atoms with Gasteiger partial charge < -0.3 is 5.73 Å². The molecule has 0 unspecified atom stereocenters. The predicted octanol–water partition coefficient (Wildman–Crippen LogP) is 0.120. The first-order chi connectivity index (χ1) is 4.70. The van der Waals surface area contributed by atoms with Crippen molar-refractivity contribution in [1.82, 2.24) is 4.98 Å². The minimum absolute atomic E-state index is 0.0868. The van der Waals surface area contributed by atoms with Crippen LogP contribution in [0.3, 0.4) is 0 Å². The quantitative estimate of drug-likeness (QED) is 0.600. The lowest BCUT2D eigenvalue weighted by molar-refractivity contribution is 0.0995. The van der Waals surface area contributed by atoms with Crippen LogP contribution >= 0.6 is 0 Å². The molecule has 10 heavy (non-hydrogen) atoms. The zero-order chi connectivity index (χ0) is 7.56. The number of amides is 1. The average Bonchev–Trinajstić information content (AvgIpc) is 1.88. The normalized spacial score (nSPS) is 9.30. The van der Waals surface area contributed by atoms with Gasteiger partial charge in [-0.2, -0.15) is 0 Å². The van der Waals surface area contributed by atoms with E-state index in [1.54, 1.807) is 0 Å². The Morgan fingerprint density at radius 1 is 1.80 bits per heavy atom. The summed E-state index contributed by atoms with van der Waals surface area (Å²) in [5.74, 6) is -1.38. The summed E-state index contributed by atoms with van der Waals surface area (Å²) >= 11 is 0. The molecule has 0 spiro atoms. The number of hydrogen-bond donors (Lipinski definition) is 1. The third-order valence-corrected chi connectivity index (χ3v) is 0.922. The molecule has 0 aromatic carbocycles. The molecule has 0 atom stereocenters. The van der Waals surface area contributed by atoms with Crippen molar-refractivity contribution in [3.05, 3.63) is 29.8 Å². The van der Waals surface area contributed by atoms with Gasteiger partial charge in [0.15, 0.2) is 0 Å². The standard InChI is InChI=1S/C6H4FN2O/c7-4-1-2-9-5(3-4)6(8)10/h2-3H,(H2,8,10). The highest BCUT2D eigenvalue weighted by atomic mass is 19.1. The van der Waals surface area contributed by atoms with Crippen molar-refractivity contribution in [3.8, 4) is 0 Å². The molecular weight excluding hydrogens is 135 g/mol. The summed E-state index contributed by atoms with van der Waals surface area (Å²) in [7, 11) is 0. The molecule has 0 bridgehead atoms. The largest absolute Gasteiger partial charge is 0.364 e. The molecular formula is C6H4FN2O. The molecule has 0 fully saturated rings. The van der Waals surface area contributed by atoms with E-state index in [1.165, 1.54) is 0 Å². The SMILES string of the molecule is NC(=O)c1cc(F)[c]cn1. The van der Waals surface area contributed by atoms with Crippen molar-refractivity contribution < 1.29 is 9.18 Å². The molecule has 0 aliphatic heterocycles. The van der Waals surface area contributed by atoms with Gasteiger partial charge in [-0.1, -0.05) is 0 Å². The lowest BCUT2D eigenvalue weighted by Crippen LogP contribution is -2.12. The summed E-state index contributed by atoms with van der Waals surface area (Å²) in [6, 6.07) is 3.07. The van der Waals surface area contributed by atoms with Gasteiger partial charge in [0.05, 0.1) is 0 Å². The summed E-state index contributed by atoms with van der Waals surface area (Å²) in [5, 5.41) is 0. The lowest BCUT2D eigenvalue weighted by atomic mass is 10.3. The molecule has 4 heteroatoms. The van der Waals surface area contributed by atoms with Gasteiger partial charge in [-0.15, -0.1) is 0 Å². The smallest absolute Gasteiger partial charge is 0.267 e. The summed E-state index contributed by atoms with van der Waals surface area (Å²) in [6.45, 7) is 0. The van der Waals surface area contributed by atoms with Crippen LogP contribution in [-0.4, -0.2) is 10.9 Å². The van der Waals surface area contributed by atoms with Gasteiger partial charge in [-0.05, 0) is 0 Å². The predicted molar refractivity (Wildman–Crippen MR) is 31.5 cm³/mol. The van der Waals surface area contributed by atoms with Gasteiger partial charge in [-0.25, -0.2) is 4.39 Å². The zero-order valence-electron chi connectivity index (χ0n) is 4.97. The molecule has 1 amide bonds. The number of nitrogens with two attached hydrogens (primary N) is 1. The number of aromatic nitrogens is 1. The van der Waals surface area contributed by atoms with Crippen LogP contribution in [0.4, 0.5) is 4.39 Å². The van der Waals surface area contributed by atoms with Gasteiger partial charge in [0.2, 0.25) is 0 Å². The van der Waals surface area contributed by atoms with Crippen molar-refractivity contribution >= 4 is 5.91 Å². The van der Waals surface area contributed by atoms with Crippen LogP contribution in [0, 0.1) is 11.9 Å². The molecule has 0 saturated carbocycles. The number of nitrogens with zero attached hydrogens (tertiary/aromatic N) is 1. The number of carbonyl (C=O) groups excluding carboxylic acids is 1. The summed E-state index contributed by atoms with van der Waals surface area (Å²) in [4.78, 5) is 13.8. The van der Waals surface area contributed by atoms with E-state index in [9.17, 15) is 9.18 Å². The molecule has 0 saturated heterocycles. The van der Waals surface area contributed by atoms with Gasteiger partial charge in [0.25, 0.3) is 5.91 Å². The number of carbonyl (C=O) groups is 1. The number of pyridine rings is 1. The molecule has 1 aromatic rings. The average molecular weight is 139 g/mol. The fourth-order valence-electron chi connectivity index (χ4n) is 0.497. The highest BCUT2D eigenvalue weighted by molar-refractivity contribution is 5.90. The monoisotopic (exact) mass is 139 g/mol. The number of primary amides is 1. The van der Waals surface area contributed by atoms with E-state index in [0.717, 1.165) is 12.3 Å². The zero-order valence-corrected chi connectivity index (χ0v) is 4.97. The number of hydrogen-bond acceptors (Lipinski definition) is 2. The van der Waals surface area contributed by atoms with Crippen molar-refractivity contribution in [2.75, 3.05) is 0 Å². The molecule has 0 aliphatic rings. The molecule has 1 aromatic heterocycles. The second-order valence-electron chi connectivity index (χ2n) is 1.64. The topological polar surface area (TPSA) is 56.0 Å². The Morgan fingerprint density at radius 2 is 2.50 bits per heavy atom. The third-order valence-electron chi connectivity index (χ3n) is 0.922. The van der Waals surface area contributed by atoms with Crippen molar-refractivity contribution in [2.24, 2.45) is 5.73 Å². The van der Waals surface area contributed by atoms with Crippen LogP contribution in [-0.2, 0) is 0 Å². The molecule has 0 aliphatic carbocycles. The first-order valence-electron chi connectivity index (χ1n) is 2.53. The van der Waals surface area contributed by atoms with Crippen LogP contribution in [0.2, 0.25) is 0 Å². The second-order valence-corrected chi connectivity index (χ2v) is 1.64. The summed E-state index contributed by atoms with van der Waals surface area (Å²) < 4.78 is 12.2. The first kappa shape index (κ1) is 6.67.